The number of phenolic OH excluding ortho intramolecular Hbond substituents is 1. The van der Waals surface area contributed by atoms with Crippen molar-refractivity contribution in [2.75, 3.05) is 18.4 Å². The Morgan fingerprint density at radius 3 is 2.85 bits per heavy atom. The number of anilines is 2. The van der Waals surface area contributed by atoms with Gasteiger partial charge < -0.3 is 24.8 Å². The summed E-state index contributed by atoms with van der Waals surface area (Å²) in [6.07, 6.45) is 1.32. The molecule has 3 heterocycles. The first-order valence-electron chi connectivity index (χ1n) is 10.3. The highest BCUT2D eigenvalue weighted by Gasteiger charge is 2.31. The fraction of sp³-hybridized carbons (Fsp3) is 0.364. The standard InChI is InChI=1S/C22H23ClFN5O4/c1-22(2,3)33-21(31)29-7-6-12(10-29)32-18-5-4-15-19(28-18)20(26-11-25-15)27-16-8-13(23)17(30)9-14(16)24/h4-5,8-9,11-12,30H,6-7,10H2,1-3H3,(H,25,26,27)/t12-/m0/s1. The predicted molar refractivity (Wildman–Crippen MR) is 121 cm³/mol. The Morgan fingerprint density at radius 1 is 1.30 bits per heavy atom. The minimum Gasteiger partial charge on any atom is -0.506 e. The number of benzene rings is 1. The summed E-state index contributed by atoms with van der Waals surface area (Å²) in [6, 6.07) is 5.55. The monoisotopic (exact) mass is 475 g/mol. The number of nitrogens with one attached hydrogen (secondary N) is 1. The second-order valence-electron chi connectivity index (χ2n) is 8.60. The molecule has 0 spiro atoms. The lowest BCUT2D eigenvalue weighted by Gasteiger charge is -2.24. The number of rotatable bonds is 4. The van der Waals surface area contributed by atoms with Crippen LogP contribution in [-0.4, -0.2) is 55.8 Å². The third-order valence-corrected chi connectivity index (χ3v) is 5.13. The number of likely N-dealkylation sites (tertiary alicyclic amines) is 1. The zero-order valence-corrected chi connectivity index (χ0v) is 19.1. The molecule has 174 valence electrons. The van der Waals surface area contributed by atoms with E-state index in [4.69, 9.17) is 21.1 Å². The van der Waals surface area contributed by atoms with E-state index in [0.717, 1.165) is 6.07 Å². The van der Waals surface area contributed by atoms with Gasteiger partial charge in [0.15, 0.2) is 5.82 Å². The first-order chi connectivity index (χ1) is 15.6. The number of carbonyl (C=O) groups is 1. The maximum atomic E-state index is 14.3. The highest BCUT2D eigenvalue weighted by molar-refractivity contribution is 6.32. The van der Waals surface area contributed by atoms with Gasteiger partial charge in [0.05, 0.1) is 22.8 Å². The third kappa shape index (κ3) is 5.33. The number of carbonyl (C=O) groups excluding carboxylic acids is 1. The van der Waals surface area contributed by atoms with Crippen molar-refractivity contribution in [1.82, 2.24) is 19.9 Å². The molecule has 0 aliphatic carbocycles. The van der Waals surface area contributed by atoms with Crippen LogP contribution in [0.5, 0.6) is 11.6 Å². The highest BCUT2D eigenvalue weighted by atomic mass is 35.5. The summed E-state index contributed by atoms with van der Waals surface area (Å²) in [5.74, 6) is -0.504. The van der Waals surface area contributed by atoms with E-state index in [2.05, 4.69) is 20.3 Å². The lowest BCUT2D eigenvalue weighted by molar-refractivity contribution is 0.0275. The molecule has 1 fully saturated rings. The molecule has 1 aromatic carbocycles. The van der Waals surface area contributed by atoms with Gasteiger partial charge in [0.25, 0.3) is 0 Å². The zero-order chi connectivity index (χ0) is 23.8. The van der Waals surface area contributed by atoms with Crippen LogP contribution in [0.15, 0.2) is 30.6 Å². The summed E-state index contributed by atoms with van der Waals surface area (Å²) >= 11 is 5.90. The minimum atomic E-state index is -0.704. The van der Waals surface area contributed by atoms with E-state index in [9.17, 15) is 14.3 Å². The van der Waals surface area contributed by atoms with Gasteiger partial charge in [0.2, 0.25) is 5.88 Å². The van der Waals surface area contributed by atoms with Crippen LogP contribution in [0.1, 0.15) is 27.2 Å². The van der Waals surface area contributed by atoms with Crippen molar-refractivity contribution in [2.24, 2.45) is 0 Å². The van der Waals surface area contributed by atoms with Crippen molar-refractivity contribution in [1.29, 1.82) is 0 Å². The van der Waals surface area contributed by atoms with Crippen molar-refractivity contribution >= 4 is 40.2 Å². The normalized spacial score (nSPS) is 16.2. The quantitative estimate of drug-likeness (QED) is 0.524. The smallest absolute Gasteiger partial charge is 0.410 e. The van der Waals surface area contributed by atoms with Gasteiger partial charge in [0.1, 0.15) is 35.1 Å². The number of hydrogen-bond acceptors (Lipinski definition) is 8. The molecule has 1 saturated heterocycles. The first-order valence-corrected chi connectivity index (χ1v) is 10.7. The van der Waals surface area contributed by atoms with Crippen LogP contribution in [0.25, 0.3) is 11.0 Å². The van der Waals surface area contributed by atoms with Gasteiger partial charge in [-0.2, -0.15) is 0 Å². The van der Waals surface area contributed by atoms with Crippen LogP contribution in [0, 0.1) is 5.82 Å². The molecular formula is C22H23ClFN5O4. The van der Waals surface area contributed by atoms with Gasteiger partial charge in [-0.1, -0.05) is 11.6 Å². The first kappa shape index (κ1) is 22.8. The highest BCUT2D eigenvalue weighted by Crippen LogP contribution is 2.32. The number of halogens is 2. The van der Waals surface area contributed by atoms with Crippen LogP contribution < -0.4 is 10.1 Å². The number of ether oxygens (including phenoxy) is 2. The summed E-state index contributed by atoms with van der Waals surface area (Å²) in [5, 5.41) is 12.4. The number of hydrogen-bond donors (Lipinski definition) is 2. The molecule has 1 aliphatic heterocycles. The van der Waals surface area contributed by atoms with E-state index < -0.39 is 11.4 Å². The molecule has 0 bridgehead atoms. The van der Waals surface area contributed by atoms with E-state index in [-0.39, 0.29) is 34.5 Å². The largest absolute Gasteiger partial charge is 0.506 e. The lowest BCUT2D eigenvalue weighted by atomic mass is 10.2. The molecule has 1 amide bonds. The number of aromatic hydroxyl groups is 1. The SMILES string of the molecule is CC(C)(C)OC(=O)N1CC[C@H](Oc2ccc3ncnc(Nc4cc(Cl)c(O)cc4F)c3n2)C1. The molecule has 4 rings (SSSR count). The Kier molecular flexibility index (Phi) is 6.11. The maximum Gasteiger partial charge on any atom is 0.410 e. The molecule has 0 unspecified atom stereocenters. The molecular weight excluding hydrogens is 453 g/mol. The number of fused-ring (bicyclic) bond motifs is 1. The molecule has 1 aliphatic rings. The van der Waals surface area contributed by atoms with Crippen LogP contribution in [0.3, 0.4) is 0 Å². The number of pyridine rings is 1. The van der Waals surface area contributed by atoms with Crippen LogP contribution in [-0.2, 0) is 4.74 Å². The number of phenols is 1. The van der Waals surface area contributed by atoms with Crippen LogP contribution in [0.2, 0.25) is 5.02 Å². The van der Waals surface area contributed by atoms with Crippen molar-refractivity contribution in [2.45, 2.75) is 38.9 Å². The van der Waals surface area contributed by atoms with Crippen LogP contribution >= 0.6 is 11.6 Å². The van der Waals surface area contributed by atoms with Crippen LogP contribution in [0.4, 0.5) is 20.7 Å². The number of nitrogens with zero attached hydrogens (tertiary/aromatic N) is 4. The molecule has 3 aromatic rings. The van der Waals surface area contributed by atoms with Crippen molar-refractivity contribution in [3.05, 3.63) is 41.4 Å². The zero-order valence-electron chi connectivity index (χ0n) is 18.3. The van der Waals surface area contributed by atoms with Gasteiger partial charge in [-0.05, 0) is 32.9 Å². The van der Waals surface area contributed by atoms with Gasteiger partial charge in [0, 0.05) is 25.1 Å². The van der Waals surface area contributed by atoms with E-state index >= 15 is 0 Å². The van der Waals surface area contributed by atoms with E-state index in [1.807, 2.05) is 20.8 Å². The molecule has 2 N–H and O–H groups in total. The molecule has 0 saturated carbocycles. The van der Waals surface area contributed by atoms with Crippen molar-refractivity contribution < 1.29 is 23.8 Å². The Bertz CT molecular complexity index is 1200. The number of amides is 1. The Morgan fingerprint density at radius 2 is 2.09 bits per heavy atom. The molecule has 1 atom stereocenters. The summed E-state index contributed by atoms with van der Waals surface area (Å²) in [7, 11) is 0. The lowest BCUT2D eigenvalue weighted by Crippen LogP contribution is -2.36. The topological polar surface area (TPSA) is 110 Å². The summed E-state index contributed by atoms with van der Waals surface area (Å²) < 4.78 is 25.7. The van der Waals surface area contributed by atoms with E-state index in [1.165, 1.54) is 12.4 Å². The summed E-state index contributed by atoms with van der Waals surface area (Å²) in [5.41, 5.74) is 0.336. The van der Waals surface area contributed by atoms with E-state index in [1.54, 1.807) is 17.0 Å². The average Bonchev–Trinajstić information content (AvgIpc) is 3.20. The summed E-state index contributed by atoms with van der Waals surface area (Å²) in [4.78, 5) is 26.7. The Hall–Kier alpha value is -3.40. The Labute approximate surface area is 194 Å². The minimum absolute atomic E-state index is 0.00924. The van der Waals surface area contributed by atoms with Gasteiger partial charge in [-0.25, -0.2) is 24.1 Å². The third-order valence-electron chi connectivity index (χ3n) is 4.83. The Balaban J connectivity index is 1.52. The second kappa shape index (κ2) is 8.86. The fourth-order valence-corrected chi connectivity index (χ4v) is 3.49. The van der Waals surface area contributed by atoms with E-state index in [0.29, 0.717) is 36.4 Å². The van der Waals surface area contributed by atoms with Gasteiger partial charge in [-0.3, -0.25) is 0 Å². The summed E-state index contributed by atoms with van der Waals surface area (Å²) in [6.45, 7) is 6.35. The molecule has 33 heavy (non-hydrogen) atoms. The van der Waals surface area contributed by atoms with Gasteiger partial charge >= 0.3 is 6.09 Å². The maximum absolute atomic E-state index is 14.3. The molecule has 9 nitrogen and oxygen atoms in total. The molecule has 11 heteroatoms. The average molecular weight is 476 g/mol. The second-order valence-corrected chi connectivity index (χ2v) is 9.01. The predicted octanol–water partition coefficient (Wildman–Crippen LogP) is 4.65. The molecule has 0 radical (unpaired) electrons. The number of aromatic nitrogens is 3. The molecule has 2 aromatic heterocycles. The van der Waals surface area contributed by atoms with Crippen molar-refractivity contribution in [3.63, 3.8) is 0 Å². The fourth-order valence-electron chi connectivity index (χ4n) is 3.33. The van der Waals surface area contributed by atoms with Crippen molar-refractivity contribution in [3.8, 4) is 11.6 Å². The van der Waals surface area contributed by atoms with Gasteiger partial charge in [-0.15, -0.1) is 0 Å².